The Kier molecular flexibility index (Phi) is 12.5. The van der Waals surface area contributed by atoms with Crippen molar-refractivity contribution in [3.8, 4) is 0 Å². The molecule has 0 bridgehead atoms. The molecule has 4 rings (SSSR count). The van der Waals surface area contributed by atoms with Crippen LogP contribution in [0.25, 0.3) is 0 Å². The molecule has 4 fully saturated rings. The predicted molar refractivity (Wildman–Crippen MR) is 141 cm³/mol. The standard InChI is InChI=1S/C26H45NO18/c1-7-4-10(31)15(33)24(39-7)43-20-12(6-29)41-23(38)13(27-9(3)30)21(20)44-26-22(18(36)16(34)11(5-28)42-26)45-25-19(37)17(35)14(32)8(2)40-25/h7-8,10-26,28-29,31-38H,4-6H2,1-3H3,(H,27,30)/t7-,8-,10+,11+,12+,13+,14+,15-,16-,17+,18-,19-,20+,21+,22+,23+,24-,25-,26-/m0/s1. The lowest BCUT2D eigenvalue weighted by Gasteiger charge is -2.50. The normalized spacial score (nSPS) is 51.1. The molecule has 4 saturated heterocycles. The molecule has 0 unspecified atom stereocenters. The van der Waals surface area contributed by atoms with Gasteiger partial charge in [-0.05, 0) is 13.8 Å². The van der Waals surface area contributed by atoms with Crippen molar-refractivity contribution >= 4 is 5.91 Å². The minimum absolute atomic E-state index is 0.0793. The van der Waals surface area contributed by atoms with Crippen molar-refractivity contribution in [1.82, 2.24) is 5.32 Å². The highest BCUT2D eigenvalue weighted by atomic mass is 16.8. The summed E-state index contributed by atoms with van der Waals surface area (Å²) >= 11 is 0. The van der Waals surface area contributed by atoms with E-state index in [0.717, 1.165) is 6.92 Å². The van der Waals surface area contributed by atoms with Crippen LogP contribution in [0, 0.1) is 0 Å². The first-order chi connectivity index (χ1) is 21.2. The lowest BCUT2D eigenvalue weighted by Crippen LogP contribution is -2.69. The van der Waals surface area contributed by atoms with Crippen LogP contribution in [0.3, 0.4) is 0 Å². The minimum Gasteiger partial charge on any atom is -0.394 e. The fourth-order valence-electron chi connectivity index (χ4n) is 5.82. The van der Waals surface area contributed by atoms with E-state index >= 15 is 0 Å². The molecular weight excluding hydrogens is 614 g/mol. The van der Waals surface area contributed by atoms with Crippen LogP contribution in [0.5, 0.6) is 0 Å². The van der Waals surface area contributed by atoms with E-state index in [2.05, 4.69) is 5.32 Å². The third kappa shape index (κ3) is 7.92. The van der Waals surface area contributed by atoms with Crippen molar-refractivity contribution in [2.24, 2.45) is 0 Å². The van der Waals surface area contributed by atoms with Gasteiger partial charge in [-0.1, -0.05) is 0 Å². The van der Waals surface area contributed by atoms with Crippen LogP contribution >= 0.6 is 0 Å². The van der Waals surface area contributed by atoms with Crippen molar-refractivity contribution in [3.05, 3.63) is 0 Å². The number of nitrogens with one attached hydrogen (secondary N) is 1. The number of ether oxygens (including phenoxy) is 7. The van der Waals surface area contributed by atoms with E-state index in [1.807, 2.05) is 0 Å². The molecule has 19 nitrogen and oxygen atoms in total. The third-order valence-electron chi connectivity index (χ3n) is 8.34. The Hall–Kier alpha value is -1.21. The molecule has 0 aliphatic carbocycles. The molecule has 19 heteroatoms. The zero-order valence-electron chi connectivity index (χ0n) is 24.8. The van der Waals surface area contributed by atoms with Gasteiger partial charge in [0.1, 0.15) is 73.2 Å². The molecule has 1 amide bonds. The topological polar surface area (TPSA) is 296 Å². The van der Waals surface area contributed by atoms with Gasteiger partial charge < -0.3 is 89.5 Å². The number of hydrogen-bond donors (Lipinski definition) is 11. The van der Waals surface area contributed by atoms with Crippen LogP contribution in [-0.4, -0.2) is 187 Å². The second kappa shape index (κ2) is 15.3. The molecule has 262 valence electrons. The van der Waals surface area contributed by atoms with Gasteiger partial charge in [-0.3, -0.25) is 4.79 Å². The van der Waals surface area contributed by atoms with Gasteiger partial charge in [-0.2, -0.15) is 0 Å². The second-order valence-electron chi connectivity index (χ2n) is 11.8. The summed E-state index contributed by atoms with van der Waals surface area (Å²) in [5.41, 5.74) is 0. The molecule has 11 N–H and O–H groups in total. The Morgan fingerprint density at radius 3 is 1.89 bits per heavy atom. The molecule has 0 aromatic heterocycles. The predicted octanol–water partition coefficient (Wildman–Crippen LogP) is -6.52. The molecule has 4 aliphatic rings. The van der Waals surface area contributed by atoms with Crippen LogP contribution in [0.15, 0.2) is 0 Å². The van der Waals surface area contributed by atoms with E-state index < -0.39 is 136 Å². The quantitative estimate of drug-likeness (QED) is 0.110. The smallest absolute Gasteiger partial charge is 0.217 e. The number of aliphatic hydroxyl groups is 10. The number of carbonyl (C=O) groups excluding carboxylic acids is 1. The van der Waals surface area contributed by atoms with Crippen LogP contribution < -0.4 is 5.32 Å². The van der Waals surface area contributed by atoms with Gasteiger partial charge in [0.15, 0.2) is 25.2 Å². The van der Waals surface area contributed by atoms with Crippen LogP contribution in [0.1, 0.15) is 27.2 Å². The maximum absolute atomic E-state index is 12.2. The van der Waals surface area contributed by atoms with E-state index in [-0.39, 0.29) is 6.42 Å². The van der Waals surface area contributed by atoms with E-state index in [4.69, 9.17) is 33.2 Å². The Balaban J connectivity index is 1.68. The monoisotopic (exact) mass is 659 g/mol. The highest BCUT2D eigenvalue weighted by Crippen LogP contribution is 2.35. The fraction of sp³-hybridized carbons (Fsp3) is 0.962. The average molecular weight is 660 g/mol. The highest BCUT2D eigenvalue weighted by molar-refractivity contribution is 5.73. The Bertz CT molecular complexity index is 965. The maximum atomic E-state index is 12.2. The van der Waals surface area contributed by atoms with E-state index in [1.165, 1.54) is 6.92 Å². The Morgan fingerprint density at radius 1 is 0.667 bits per heavy atom. The molecule has 45 heavy (non-hydrogen) atoms. The van der Waals surface area contributed by atoms with E-state index in [9.17, 15) is 55.9 Å². The average Bonchev–Trinajstić information content (AvgIpc) is 2.98. The van der Waals surface area contributed by atoms with Gasteiger partial charge in [0, 0.05) is 13.3 Å². The summed E-state index contributed by atoms with van der Waals surface area (Å²) in [6.45, 7) is 2.51. The summed E-state index contributed by atoms with van der Waals surface area (Å²) < 4.78 is 40.1. The first kappa shape index (κ1) is 36.6. The number of hydrogen-bond acceptors (Lipinski definition) is 18. The van der Waals surface area contributed by atoms with Gasteiger partial charge in [0.25, 0.3) is 0 Å². The van der Waals surface area contributed by atoms with Gasteiger partial charge in [0.2, 0.25) is 5.91 Å². The molecule has 4 heterocycles. The fourth-order valence-corrected chi connectivity index (χ4v) is 5.82. The summed E-state index contributed by atoms with van der Waals surface area (Å²) in [5.74, 6) is -0.670. The molecule has 19 atom stereocenters. The maximum Gasteiger partial charge on any atom is 0.217 e. The Labute approximate surface area is 257 Å². The van der Waals surface area contributed by atoms with E-state index in [1.54, 1.807) is 6.92 Å². The summed E-state index contributed by atoms with van der Waals surface area (Å²) in [7, 11) is 0. The summed E-state index contributed by atoms with van der Waals surface area (Å²) in [6.07, 6.45) is -27.7. The molecular formula is C26H45NO18. The molecule has 0 spiro atoms. The number of aliphatic hydroxyl groups excluding tert-OH is 10. The number of rotatable bonds is 9. The number of amides is 1. The lowest BCUT2D eigenvalue weighted by atomic mass is 9.94. The van der Waals surface area contributed by atoms with Crippen LogP contribution in [-0.2, 0) is 38.0 Å². The van der Waals surface area contributed by atoms with Gasteiger partial charge in [-0.25, -0.2) is 0 Å². The van der Waals surface area contributed by atoms with Crippen molar-refractivity contribution in [2.75, 3.05) is 13.2 Å². The van der Waals surface area contributed by atoms with Crippen molar-refractivity contribution in [2.45, 2.75) is 144 Å². The van der Waals surface area contributed by atoms with E-state index in [0.29, 0.717) is 0 Å². The zero-order valence-corrected chi connectivity index (χ0v) is 24.8. The molecule has 0 radical (unpaired) electrons. The number of carbonyl (C=O) groups is 1. The second-order valence-corrected chi connectivity index (χ2v) is 11.8. The van der Waals surface area contributed by atoms with Gasteiger partial charge in [0.05, 0.1) is 31.5 Å². The minimum atomic E-state index is -1.90. The summed E-state index contributed by atoms with van der Waals surface area (Å²) in [6, 6.07) is -1.48. The molecule has 4 aliphatic heterocycles. The van der Waals surface area contributed by atoms with Crippen molar-refractivity contribution in [1.29, 1.82) is 0 Å². The van der Waals surface area contributed by atoms with Crippen LogP contribution in [0.4, 0.5) is 0 Å². The van der Waals surface area contributed by atoms with Crippen molar-refractivity contribution in [3.63, 3.8) is 0 Å². The summed E-state index contributed by atoms with van der Waals surface area (Å²) in [5, 5.41) is 107. The highest BCUT2D eigenvalue weighted by Gasteiger charge is 2.55. The molecule has 0 saturated carbocycles. The largest absolute Gasteiger partial charge is 0.394 e. The van der Waals surface area contributed by atoms with Crippen LogP contribution in [0.2, 0.25) is 0 Å². The van der Waals surface area contributed by atoms with Crippen molar-refractivity contribution < 1.29 is 89.0 Å². The Morgan fingerprint density at radius 2 is 1.27 bits per heavy atom. The van der Waals surface area contributed by atoms with Gasteiger partial charge >= 0.3 is 0 Å². The first-order valence-corrected chi connectivity index (χ1v) is 14.7. The van der Waals surface area contributed by atoms with Gasteiger partial charge in [-0.15, -0.1) is 0 Å². The summed E-state index contributed by atoms with van der Waals surface area (Å²) in [4.78, 5) is 12.2. The first-order valence-electron chi connectivity index (χ1n) is 14.7. The SMILES string of the molecule is CC(=O)N[C@@H]1[C@@H](O[C@@H]2O[C@H](CO)[C@H](O)[C@H](O)[C@H]2O[C@@H]2O[C@@H](C)[C@@H](O)[C@@H](O)[C@@H]2O)[C@H](O[C@@H]2O[C@@H](C)C[C@@H](O)[C@@H]2O)[C@@H](CO)O[C@H]1O. The molecule has 0 aromatic carbocycles. The zero-order chi connectivity index (χ0) is 33.3. The third-order valence-corrected chi connectivity index (χ3v) is 8.34. The molecule has 0 aromatic rings. The lowest BCUT2D eigenvalue weighted by molar-refractivity contribution is -0.388.